The van der Waals surface area contributed by atoms with Crippen LogP contribution in [0.2, 0.25) is 0 Å². The molecular weight excluding hydrogens is 460 g/mol. The first-order valence-electron chi connectivity index (χ1n) is 12.3. The summed E-state index contributed by atoms with van der Waals surface area (Å²) in [5.41, 5.74) is 4.44. The number of aryl methyl sites for hydroxylation is 1. The average molecular weight is 489 g/mol. The molecule has 1 N–H and O–H groups in total. The molecule has 1 aliphatic carbocycles. The number of anilines is 2. The first-order valence-corrected chi connectivity index (χ1v) is 13.1. The number of rotatable bonds is 4. The van der Waals surface area contributed by atoms with Gasteiger partial charge in [0.1, 0.15) is 22.7 Å². The zero-order chi connectivity index (χ0) is 23.7. The van der Waals surface area contributed by atoms with Crippen molar-refractivity contribution in [3.05, 3.63) is 40.0 Å². The van der Waals surface area contributed by atoms with Crippen LogP contribution >= 0.6 is 11.3 Å². The molecule has 2 bridgehead atoms. The minimum absolute atomic E-state index is 0.0701. The minimum atomic E-state index is 0.0701. The summed E-state index contributed by atoms with van der Waals surface area (Å²) in [6, 6.07) is 5.06. The van der Waals surface area contributed by atoms with Gasteiger partial charge >= 0.3 is 0 Å². The Bertz CT molecular complexity index is 1380. The number of ether oxygens (including phenoxy) is 1. The number of carbonyl (C=O) groups excluding carboxylic acids is 1. The lowest BCUT2D eigenvalue weighted by Gasteiger charge is -2.35. The molecule has 1 amide bonds. The Hall–Kier alpha value is -3.04. The van der Waals surface area contributed by atoms with Gasteiger partial charge in [0.05, 0.1) is 24.7 Å². The molecule has 3 atom stereocenters. The number of carbonyl (C=O) groups is 1. The maximum Gasteiger partial charge on any atom is 0.226 e. The maximum atomic E-state index is 13.4. The number of fused-ring (bicyclic) bond motifs is 6. The second kappa shape index (κ2) is 7.99. The first-order chi connectivity index (χ1) is 17.1. The van der Waals surface area contributed by atoms with Crippen molar-refractivity contribution in [1.82, 2.24) is 19.8 Å². The second-order valence-corrected chi connectivity index (χ2v) is 11.2. The number of nitrogens with one attached hydrogen (secondary N) is 1. The van der Waals surface area contributed by atoms with E-state index in [0.717, 1.165) is 71.8 Å². The van der Waals surface area contributed by atoms with Crippen molar-refractivity contribution in [3.63, 3.8) is 0 Å². The number of hydrogen-bond donors (Lipinski definition) is 1. The normalized spacial score (nSPS) is 24.7. The van der Waals surface area contributed by atoms with Crippen LogP contribution in [-0.2, 0) is 24.2 Å². The third kappa shape index (κ3) is 3.36. The predicted molar refractivity (Wildman–Crippen MR) is 137 cm³/mol. The van der Waals surface area contributed by atoms with E-state index in [1.54, 1.807) is 24.8 Å². The average Bonchev–Trinajstić information content (AvgIpc) is 3.64. The molecule has 0 unspecified atom stereocenters. The summed E-state index contributed by atoms with van der Waals surface area (Å²) in [6.07, 6.45) is 7.22. The van der Waals surface area contributed by atoms with Crippen LogP contribution in [0.25, 0.3) is 10.2 Å². The number of benzene rings is 1. The number of hydrogen-bond acceptors (Lipinski definition) is 8. The summed E-state index contributed by atoms with van der Waals surface area (Å²) in [4.78, 5) is 33.8. The van der Waals surface area contributed by atoms with Crippen LogP contribution in [0.5, 0.6) is 5.75 Å². The van der Waals surface area contributed by atoms with E-state index in [2.05, 4.69) is 43.2 Å². The number of thiophene rings is 1. The predicted octanol–water partition coefficient (Wildman–Crippen LogP) is 3.40. The molecule has 35 heavy (non-hydrogen) atoms. The van der Waals surface area contributed by atoms with Crippen LogP contribution in [0.3, 0.4) is 0 Å². The van der Waals surface area contributed by atoms with Gasteiger partial charge in [-0.05, 0) is 61.6 Å². The Kier molecular flexibility index (Phi) is 4.86. The van der Waals surface area contributed by atoms with E-state index in [-0.39, 0.29) is 5.92 Å². The van der Waals surface area contributed by atoms with Gasteiger partial charge in [0.2, 0.25) is 5.91 Å². The molecule has 2 aromatic heterocycles. The highest BCUT2D eigenvalue weighted by Crippen LogP contribution is 2.42. The lowest BCUT2D eigenvalue weighted by Crippen LogP contribution is -2.49. The van der Waals surface area contributed by atoms with E-state index in [4.69, 9.17) is 4.74 Å². The Morgan fingerprint density at radius 1 is 1.23 bits per heavy atom. The van der Waals surface area contributed by atoms with Gasteiger partial charge < -0.3 is 15.0 Å². The van der Waals surface area contributed by atoms with Crippen LogP contribution in [-0.4, -0.2) is 71.2 Å². The molecular formula is C26H28N6O2S. The second-order valence-electron chi connectivity index (χ2n) is 10.2. The van der Waals surface area contributed by atoms with Crippen LogP contribution in [0.15, 0.2) is 23.5 Å². The van der Waals surface area contributed by atoms with E-state index < -0.39 is 0 Å². The Morgan fingerprint density at radius 3 is 2.94 bits per heavy atom. The van der Waals surface area contributed by atoms with Crippen molar-refractivity contribution in [1.29, 1.82) is 0 Å². The Morgan fingerprint density at radius 2 is 2.14 bits per heavy atom. The van der Waals surface area contributed by atoms with Gasteiger partial charge in [-0.1, -0.05) is 0 Å². The molecule has 3 aromatic rings. The van der Waals surface area contributed by atoms with Crippen molar-refractivity contribution < 1.29 is 9.53 Å². The van der Waals surface area contributed by atoms with Gasteiger partial charge in [0, 0.05) is 42.2 Å². The molecule has 7 rings (SSSR count). The largest absolute Gasteiger partial charge is 0.495 e. The van der Waals surface area contributed by atoms with Gasteiger partial charge in [-0.2, -0.15) is 0 Å². The molecule has 0 saturated carbocycles. The van der Waals surface area contributed by atoms with Crippen LogP contribution < -0.4 is 10.1 Å². The van der Waals surface area contributed by atoms with Crippen molar-refractivity contribution in [2.24, 2.45) is 10.9 Å². The van der Waals surface area contributed by atoms with Gasteiger partial charge in [-0.3, -0.25) is 14.7 Å². The number of likely N-dealkylation sites (tertiary alicyclic amines) is 2. The van der Waals surface area contributed by atoms with Gasteiger partial charge in [-0.15, -0.1) is 11.3 Å². The summed E-state index contributed by atoms with van der Waals surface area (Å²) in [5.74, 6) is 2.00. The summed E-state index contributed by atoms with van der Waals surface area (Å²) in [5, 5.41) is 4.60. The molecule has 3 aliphatic heterocycles. The lowest BCUT2D eigenvalue weighted by atomic mass is 9.86. The van der Waals surface area contributed by atoms with Crippen LogP contribution in [0.4, 0.5) is 11.5 Å². The number of aliphatic imine (C=N–C) groups is 1. The Balaban J connectivity index is 1.18. The standard InChI is InChI=1S/C26H28N6O2S/c1-31-11-18-8-17(31)12-32(18)26(33)14-3-4-19-22(7-14)35-25-23(19)24(28-13-29-25)30-20-5-15-9-27-10-16(15)6-21(20)34-2/h5-6,9,13-14,17-18H,3-4,7-8,10-12H2,1-2H3,(H,28,29,30)/t14-,17-,18-/m0/s1. The molecule has 2 fully saturated rings. The monoisotopic (exact) mass is 488 g/mol. The number of nitrogens with zero attached hydrogens (tertiary/aromatic N) is 5. The SMILES string of the molecule is COc1cc2c(cc1Nc1ncnc3sc4c(c13)CC[C@H](C(=O)N1C[C@@H]3C[C@H]1CN3C)C4)C=NC2. The third-order valence-corrected chi connectivity index (χ3v) is 9.36. The van der Waals surface area contributed by atoms with Gasteiger partial charge in [0.25, 0.3) is 0 Å². The van der Waals surface area contributed by atoms with Gasteiger partial charge in [0.15, 0.2) is 0 Å². The lowest BCUT2D eigenvalue weighted by molar-refractivity contribution is -0.138. The van der Waals surface area contributed by atoms with Gasteiger partial charge in [-0.25, -0.2) is 9.97 Å². The van der Waals surface area contributed by atoms with Crippen molar-refractivity contribution in [3.8, 4) is 5.75 Å². The Labute approximate surface area is 208 Å². The summed E-state index contributed by atoms with van der Waals surface area (Å²) in [7, 11) is 3.86. The number of amides is 1. The zero-order valence-corrected chi connectivity index (χ0v) is 20.8. The van der Waals surface area contributed by atoms with Crippen LogP contribution in [0, 0.1) is 5.92 Å². The summed E-state index contributed by atoms with van der Waals surface area (Å²) < 4.78 is 5.66. The molecule has 8 nitrogen and oxygen atoms in total. The minimum Gasteiger partial charge on any atom is -0.495 e. The quantitative estimate of drug-likeness (QED) is 0.606. The van der Waals surface area contributed by atoms with Crippen LogP contribution in [0.1, 0.15) is 34.4 Å². The van der Waals surface area contributed by atoms with E-state index in [0.29, 0.717) is 24.5 Å². The third-order valence-electron chi connectivity index (χ3n) is 8.20. The molecule has 2 saturated heterocycles. The fraction of sp³-hybridized carbons (Fsp3) is 0.462. The zero-order valence-electron chi connectivity index (χ0n) is 20.0. The fourth-order valence-corrected chi connectivity index (χ4v) is 7.59. The summed E-state index contributed by atoms with van der Waals surface area (Å²) >= 11 is 1.71. The summed E-state index contributed by atoms with van der Waals surface area (Å²) in [6.45, 7) is 2.60. The first kappa shape index (κ1) is 21.3. The smallest absolute Gasteiger partial charge is 0.226 e. The van der Waals surface area contributed by atoms with E-state index in [1.165, 1.54) is 16.0 Å². The molecule has 1 aromatic carbocycles. The highest BCUT2D eigenvalue weighted by atomic mass is 32.1. The topological polar surface area (TPSA) is 82.9 Å². The fourth-order valence-electron chi connectivity index (χ4n) is 6.32. The van der Waals surface area contributed by atoms with Crippen molar-refractivity contribution >= 4 is 45.2 Å². The molecule has 0 radical (unpaired) electrons. The highest BCUT2D eigenvalue weighted by Gasteiger charge is 2.45. The molecule has 180 valence electrons. The molecule has 5 heterocycles. The number of aromatic nitrogens is 2. The number of methoxy groups -OCH3 is 1. The molecule has 9 heteroatoms. The van der Waals surface area contributed by atoms with Crippen molar-refractivity contribution in [2.75, 3.05) is 32.6 Å². The number of piperazine rings is 1. The van der Waals surface area contributed by atoms with E-state index >= 15 is 0 Å². The van der Waals surface area contributed by atoms with Crippen molar-refractivity contribution in [2.45, 2.75) is 44.3 Å². The van der Waals surface area contributed by atoms with E-state index in [9.17, 15) is 4.79 Å². The molecule has 4 aliphatic rings. The molecule has 0 spiro atoms. The maximum absolute atomic E-state index is 13.4. The number of likely N-dealkylation sites (N-methyl/N-ethyl adjacent to an activating group) is 1. The highest BCUT2D eigenvalue weighted by molar-refractivity contribution is 7.19. The van der Waals surface area contributed by atoms with E-state index in [1.807, 2.05) is 12.3 Å².